The maximum absolute atomic E-state index is 4.33. The van der Waals surface area contributed by atoms with Gasteiger partial charge in [-0.3, -0.25) is 0 Å². The highest BCUT2D eigenvalue weighted by Gasteiger charge is 2.19. The van der Waals surface area contributed by atoms with E-state index in [1.807, 2.05) is 6.20 Å². The number of rotatable bonds is 1. The number of nitrogens with zero attached hydrogens (tertiary/aromatic N) is 2. The Morgan fingerprint density at radius 3 is 3.17 bits per heavy atom. The van der Waals surface area contributed by atoms with Crippen LogP contribution in [-0.4, -0.2) is 17.6 Å². The van der Waals surface area contributed by atoms with Crippen LogP contribution in [0.5, 0.6) is 0 Å². The van der Waals surface area contributed by atoms with E-state index in [9.17, 15) is 0 Å². The average Bonchev–Trinajstić information content (AvgIpc) is 2.57. The van der Waals surface area contributed by atoms with E-state index in [0.717, 1.165) is 0 Å². The summed E-state index contributed by atoms with van der Waals surface area (Å²) in [5.74, 6) is 0. The Bertz CT molecular complexity index is 233. The topological polar surface area (TPSA) is 16.1 Å². The molecule has 66 valence electrons. The summed E-state index contributed by atoms with van der Waals surface area (Å²) in [6.45, 7) is 3.48. The Hall–Kier alpha value is -0.570. The van der Waals surface area contributed by atoms with Crippen molar-refractivity contribution in [2.75, 3.05) is 11.4 Å². The van der Waals surface area contributed by atoms with Gasteiger partial charge >= 0.3 is 0 Å². The molecule has 0 radical (unpaired) electrons. The SMILES string of the molecule is CC1CCCCN1c1nccs1. The second kappa shape index (κ2) is 3.44. The summed E-state index contributed by atoms with van der Waals surface area (Å²) in [7, 11) is 0. The molecular formula is C9H14N2S. The summed E-state index contributed by atoms with van der Waals surface area (Å²) in [5.41, 5.74) is 0. The van der Waals surface area contributed by atoms with Gasteiger partial charge in [0.1, 0.15) is 0 Å². The fraction of sp³-hybridized carbons (Fsp3) is 0.667. The van der Waals surface area contributed by atoms with E-state index < -0.39 is 0 Å². The van der Waals surface area contributed by atoms with Gasteiger partial charge in [0.05, 0.1) is 0 Å². The maximum atomic E-state index is 4.33. The van der Waals surface area contributed by atoms with E-state index in [-0.39, 0.29) is 0 Å². The first kappa shape index (κ1) is 8.05. The molecule has 0 spiro atoms. The number of anilines is 1. The summed E-state index contributed by atoms with van der Waals surface area (Å²) in [6.07, 6.45) is 5.91. The van der Waals surface area contributed by atoms with Crippen molar-refractivity contribution in [2.45, 2.75) is 32.2 Å². The Morgan fingerprint density at radius 2 is 2.50 bits per heavy atom. The first-order chi connectivity index (χ1) is 5.88. The van der Waals surface area contributed by atoms with Crippen LogP contribution in [-0.2, 0) is 0 Å². The van der Waals surface area contributed by atoms with Crippen LogP contribution in [0.1, 0.15) is 26.2 Å². The first-order valence-corrected chi connectivity index (χ1v) is 5.42. The van der Waals surface area contributed by atoms with Crippen molar-refractivity contribution in [3.8, 4) is 0 Å². The zero-order valence-electron chi connectivity index (χ0n) is 7.36. The van der Waals surface area contributed by atoms with Gasteiger partial charge in [0.15, 0.2) is 5.13 Å². The molecule has 1 aliphatic rings. The number of aromatic nitrogens is 1. The van der Waals surface area contributed by atoms with Crippen LogP contribution in [0.3, 0.4) is 0 Å². The number of hydrogen-bond acceptors (Lipinski definition) is 3. The maximum Gasteiger partial charge on any atom is 0.185 e. The summed E-state index contributed by atoms with van der Waals surface area (Å²) < 4.78 is 0. The number of piperidine rings is 1. The molecule has 1 saturated heterocycles. The van der Waals surface area contributed by atoms with Gasteiger partial charge in [-0.05, 0) is 26.2 Å². The van der Waals surface area contributed by atoms with Crippen LogP contribution in [0.4, 0.5) is 5.13 Å². The molecule has 1 aromatic heterocycles. The van der Waals surface area contributed by atoms with E-state index in [1.54, 1.807) is 11.3 Å². The van der Waals surface area contributed by atoms with Crippen molar-refractivity contribution >= 4 is 16.5 Å². The molecule has 0 saturated carbocycles. The molecule has 0 aromatic carbocycles. The summed E-state index contributed by atoms with van der Waals surface area (Å²) >= 11 is 1.75. The predicted molar refractivity (Wildman–Crippen MR) is 52.8 cm³/mol. The van der Waals surface area contributed by atoms with Crippen LogP contribution >= 0.6 is 11.3 Å². The quantitative estimate of drug-likeness (QED) is 0.663. The van der Waals surface area contributed by atoms with E-state index in [0.29, 0.717) is 6.04 Å². The summed E-state index contributed by atoms with van der Waals surface area (Å²) in [4.78, 5) is 6.76. The molecule has 0 amide bonds. The molecule has 1 unspecified atom stereocenters. The van der Waals surface area contributed by atoms with Gasteiger partial charge in [-0.15, -0.1) is 11.3 Å². The Kier molecular flexibility index (Phi) is 2.30. The van der Waals surface area contributed by atoms with Crippen LogP contribution in [0.25, 0.3) is 0 Å². The van der Waals surface area contributed by atoms with Crippen molar-refractivity contribution < 1.29 is 0 Å². The zero-order valence-corrected chi connectivity index (χ0v) is 8.18. The molecule has 12 heavy (non-hydrogen) atoms. The lowest BCUT2D eigenvalue weighted by atomic mass is 10.1. The lowest BCUT2D eigenvalue weighted by molar-refractivity contribution is 0.484. The van der Waals surface area contributed by atoms with Crippen molar-refractivity contribution in [3.05, 3.63) is 11.6 Å². The molecular weight excluding hydrogens is 168 g/mol. The minimum atomic E-state index is 0.685. The fourth-order valence-corrected chi connectivity index (χ4v) is 2.51. The van der Waals surface area contributed by atoms with Crippen molar-refractivity contribution in [1.29, 1.82) is 0 Å². The Morgan fingerprint density at radius 1 is 1.58 bits per heavy atom. The van der Waals surface area contributed by atoms with Crippen molar-refractivity contribution in [1.82, 2.24) is 4.98 Å². The lowest BCUT2D eigenvalue weighted by Crippen LogP contribution is -2.37. The number of thiazole rings is 1. The minimum absolute atomic E-state index is 0.685. The molecule has 1 fully saturated rings. The van der Waals surface area contributed by atoms with Crippen LogP contribution in [0, 0.1) is 0 Å². The van der Waals surface area contributed by atoms with Gasteiger partial charge in [0, 0.05) is 24.2 Å². The zero-order chi connectivity index (χ0) is 8.39. The highest BCUT2D eigenvalue weighted by Crippen LogP contribution is 2.25. The second-order valence-corrected chi connectivity index (χ2v) is 4.23. The van der Waals surface area contributed by atoms with Crippen LogP contribution in [0.15, 0.2) is 11.6 Å². The molecule has 0 aliphatic carbocycles. The Labute approximate surface area is 77.2 Å². The smallest absolute Gasteiger partial charge is 0.185 e. The van der Waals surface area contributed by atoms with E-state index in [1.165, 1.54) is 30.9 Å². The molecule has 1 aromatic rings. The van der Waals surface area contributed by atoms with Gasteiger partial charge in [-0.25, -0.2) is 4.98 Å². The molecule has 1 aliphatic heterocycles. The predicted octanol–water partition coefficient (Wildman–Crippen LogP) is 2.52. The van der Waals surface area contributed by atoms with Gasteiger partial charge in [-0.2, -0.15) is 0 Å². The van der Waals surface area contributed by atoms with Gasteiger partial charge in [0.25, 0.3) is 0 Å². The minimum Gasteiger partial charge on any atom is -0.345 e. The normalized spacial score (nSPS) is 24.4. The van der Waals surface area contributed by atoms with Crippen LogP contribution < -0.4 is 4.90 Å². The van der Waals surface area contributed by atoms with Gasteiger partial charge < -0.3 is 4.90 Å². The second-order valence-electron chi connectivity index (χ2n) is 3.35. The van der Waals surface area contributed by atoms with E-state index in [4.69, 9.17) is 0 Å². The van der Waals surface area contributed by atoms with Gasteiger partial charge in [-0.1, -0.05) is 0 Å². The first-order valence-electron chi connectivity index (χ1n) is 4.54. The monoisotopic (exact) mass is 182 g/mol. The third-order valence-corrected chi connectivity index (χ3v) is 3.28. The van der Waals surface area contributed by atoms with Crippen molar-refractivity contribution in [3.63, 3.8) is 0 Å². The molecule has 2 rings (SSSR count). The number of hydrogen-bond donors (Lipinski definition) is 0. The summed E-state index contributed by atoms with van der Waals surface area (Å²) in [6, 6.07) is 0.685. The van der Waals surface area contributed by atoms with Crippen LogP contribution in [0.2, 0.25) is 0 Å². The molecule has 2 heterocycles. The molecule has 0 N–H and O–H groups in total. The summed E-state index contributed by atoms with van der Waals surface area (Å²) in [5, 5.41) is 3.25. The molecule has 3 heteroatoms. The highest BCUT2D eigenvalue weighted by atomic mass is 32.1. The standard InChI is InChI=1S/C9H14N2S/c1-8-4-2-3-6-11(8)9-10-5-7-12-9/h5,7-8H,2-4,6H2,1H3. The Balaban J connectivity index is 2.11. The lowest BCUT2D eigenvalue weighted by Gasteiger charge is -2.32. The van der Waals surface area contributed by atoms with Crippen molar-refractivity contribution in [2.24, 2.45) is 0 Å². The largest absolute Gasteiger partial charge is 0.345 e. The third kappa shape index (κ3) is 1.46. The van der Waals surface area contributed by atoms with E-state index >= 15 is 0 Å². The molecule has 1 atom stereocenters. The van der Waals surface area contributed by atoms with Gasteiger partial charge in [0.2, 0.25) is 0 Å². The molecule has 2 nitrogen and oxygen atoms in total. The average molecular weight is 182 g/mol. The third-order valence-electron chi connectivity index (χ3n) is 2.47. The van der Waals surface area contributed by atoms with E-state index in [2.05, 4.69) is 22.2 Å². The highest BCUT2D eigenvalue weighted by molar-refractivity contribution is 7.13. The fourth-order valence-electron chi connectivity index (χ4n) is 1.74. The molecule has 0 bridgehead atoms.